The molecular weight excluding hydrogens is 178 g/mol. The average Bonchev–Trinajstić information content (AvgIpc) is 2.09. The van der Waals surface area contributed by atoms with E-state index in [0.29, 0.717) is 6.61 Å². The molecule has 0 aromatic carbocycles. The fourth-order valence-electron chi connectivity index (χ4n) is 0.968. The van der Waals surface area contributed by atoms with E-state index in [-0.39, 0.29) is 11.4 Å². The summed E-state index contributed by atoms with van der Waals surface area (Å²) in [5.74, 6) is -0.284. The number of carbonyl (C=O) groups excluding carboxylic acids is 1. The Morgan fingerprint density at radius 1 is 1.36 bits per heavy atom. The topological polar surface area (TPSA) is 52.3 Å². The molecule has 0 fully saturated rings. The monoisotopic (exact) mass is 201 g/mol. The molecule has 0 saturated carbocycles. The Kier molecular flexibility index (Phi) is 5.77. The molecule has 14 heavy (non-hydrogen) atoms. The molecular formula is C11H23NO2. The maximum absolute atomic E-state index is 11.4. The number of unbranched alkanes of at least 4 members (excludes halogenated alkanes) is 2. The minimum atomic E-state index is -0.524. The summed E-state index contributed by atoms with van der Waals surface area (Å²) in [4.78, 5) is 11.4. The number of hydrogen-bond acceptors (Lipinski definition) is 3. The van der Waals surface area contributed by atoms with Crippen molar-refractivity contribution in [3.05, 3.63) is 0 Å². The van der Waals surface area contributed by atoms with E-state index < -0.39 is 6.04 Å². The normalized spacial score (nSPS) is 13.8. The molecule has 0 amide bonds. The van der Waals surface area contributed by atoms with E-state index in [0.717, 1.165) is 19.3 Å². The molecule has 2 N–H and O–H groups in total. The van der Waals surface area contributed by atoms with Crippen LogP contribution < -0.4 is 5.73 Å². The highest BCUT2D eigenvalue weighted by Crippen LogP contribution is 2.18. The summed E-state index contributed by atoms with van der Waals surface area (Å²) in [6.07, 6.45) is 3.15. The van der Waals surface area contributed by atoms with E-state index in [9.17, 15) is 4.79 Å². The predicted molar refractivity (Wildman–Crippen MR) is 57.9 cm³/mol. The van der Waals surface area contributed by atoms with Crippen LogP contribution >= 0.6 is 0 Å². The molecule has 3 nitrogen and oxygen atoms in total. The summed E-state index contributed by atoms with van der Waals surface area (Å²) in [6.45, 7) is 8.42. The summed E-state index contributed by atoms with van der Waals surface area (Å²) in [7, 11) is 0. The average molecular weight is 201 g/mol. The highest BCUT2D eigenvalue weighted by molar-refractivity contribution is 5.76. The van der Waals surface area contributed by atoms with Gasteiger partial charge in [-0.3, -0.25) is 4.79 Å². The molecule has 1 atom stereocenters. The second-order valence-electron chi connectivity index (χ2n) is 4.72. The molecule has 0 aromatic heterocycles. The zero-order valence-electron chi connectivity index (χ0n) is 9.80. The van der Waals surface area contributed by atoms with Crippen LogP contribution in [0.4, 0.5) is 0 Å². The van der Waals surface area contributed by atoms with Gasteiger partial charge in [-0.1, -0.05) is 40.5 Å². The van der Waals surface area contributed by atoms with Gasteiger partial charge in [-0.25, -0.2) is 0 Å². The first-order valence-electron chi connectivity index (χ1n) is 5.31. The van der Waals surface area contributed by atoms with Crippen molar-refractivity contribution in [2.75, 3.05) is 6.61 Å². The van der Waals surface area contributed by atoms with Crippen LogP contribution in [0, 0.1) is 5.41 Å². The molecule has 0 aliphatic rings. The summed E-state index contributed by atoms with van der Waals surface area (Å²) >= 11 is 0. The van der Waals surface area contributed by atoms with Crippen molar-refractivity contribution in [2.45, 2.75) is 53.0 Å². The van der Waals surface area contributed by atoms with E-state index in [4.69, 9.17) is 10.5 Å². The Labute approximate surface area is 87.0 Å². The van der Waals surface area contributed by atoms with Gasteiger partial charge in [0, 0.05) is 0 Å². The molecule has 0 aliphatic carbocycles. The van der Waals surface area contributed by atoms with Crippen molar-refractivity contribution >= 4 is 5.97 Å². The Balaban J connectivity index is 3.74. The first-order valence-corrected chi connectivity index (χ1v) is 5.31. The quantitative estimate of drug-likeness (QED) is 0.547. The van der Waals surface area contributed by atoms with Crippen LogP contribution in [0.25, 0.3) is 0 Å². The molecule has 0 heterocycles. The number of esters is 1. The van der Waals surface area contributed by atoms with Crippen LogP contribution in [0.2, 0.25) is 0 Å². The highest BCUT2D eigenvalue weighted by atomic mass is 16.5. The molecule has 0 rings (SSSR count). The standard InChI is InChI=1S/C11H23NO2/c1-5-6-7-8-14-10(13)9(12)11(2,3)4/h9H,5-8,12H2,1-4H3/t9-/m0/s1. The number of nitrogens with two attached hydrogens (primary N) is 1. The Bertz CT molecular complexity index is 173. The van der Waals surface area contributed by atoms with Crippen molar-refractivity contribution in [3.63, 3.8) is 0 Å². The van der Waals surface area contributed by atoms with Crippen molar-refractivity contribution < 1.29 is 9.53 Å². The van der Waals surface area contributed by atoms with Gasteiger partial charge in [0.1, 0.15) is 6.04 Å². The lowest BCUT2D eigenvalue weighted by atomic mass is 9.87. The third kappa shape index (κ3) is 5.22. The second kappa shape index (κ2) is 6.02. The fraction of sp³-hybridized carbons (Fsp3) is 0.909. The highest BCUT2D eigenvalue weighted by Gasteiger charge is 2.28. The van der Waals surface area contributed by atoms with Gasteiger partial charge in [0.15, 0.2) is 0 Å². The number of hydrogen-bond donors (Lipinski definition) is 1. The number of ether oxygens (including phenoxy) is 1. The molecule has 0 aliphatic heterocycles. The SMILES string of the molecule is CCCCCOC(=O)[C@H](N)C(C)(C)C. The van der Waals surface area contributed by atoms with Gasteiger partial charge in [-0.05, 0) is 11.8 Å². The van der Waals surface area contributed by atoms with Gasteiger partial charge in [-0.2, -0.15) is 0 Å². The van der Waals surface area contributed by atoms with E-state index in [1.165, 1.54) is 0 Å². The Morgan fingerprint density at radius 2 is 1.93 bits per heavy atom. The van der Waals surface area contributed by atoms with E-state index in [1.807, 2.05) is 20.8 Å². The van der Waals surface area contributed by atoms with Crippen molar-refractivity contribution in [3.8, 4) is 0 Å². The third-order valence-electron chi connectivity index (χ3n) is 2.18. The van der Waals surface area contributed by atoms with E-state index in [1.54, 1.807) is 0 Å². The smallest absolute Gasteiger partial charge is 0.323 e. The summed E-state index contributed by atoms with van der Waals surface area (Å²) in [6, 6.07) is -0.524. The summed E-state index contributed by atoms with van der Waals surface area (Å²) in [5.41, 5.74) is 5.51. The second-order valence-corrected chi connectivity index (χ2v) is 4.72. The number of carbonyl (C=O) groups is 1. The van der Waals surface area contributed by atoms with Gasteiger partial charge in [0.25, 0.3) is 0 Å². The zero-order valence-corrected chi connectivity index (χ0v) is 9.80. The van der Waals surface area contributed by atoms with Crippen molar-refractivity contribution in [1.82, 2.24) is 0 Å². The molecule has 0 radical (unpaired) electrons. The van der Waals surface area contributed by atoms with Gasteiger partial charge >= 0.3 is 5.97 Å². The van der Waals surface area contributed by atoms with Crippen LogP contribution in [0.15, 0.2) is 0 Å². The van der Waals surface area contributed by atoms with Crippen LogP contribution in [0.1, 0.15) is 47.0 Å². The molecule has 0 bridgehead atoms. The van der Waals surface area contributed by atoms with Crippen LogP contribution in [-0.4, -0.2) is 18.6 Å². The minimum absolute atomic E-state index is 0.220. The Hall–Kier alpha value is -0.570. The summed E-state index contributed by atoms with van der Waals surface area (Å²) < 4.78 is 5.07. The largest absolute Gasteiger partial charge is 0.465 e. The lowest BCUT2D eigenvalue weighted by molar-refractivity contribution is -0.147. The molecule has 0 spiro atoms. The Morgan fingerprint density at radius 3 is 2.36 bits per heavy atom. The minimum Gasteiger partial charge on any atom is -0.465 e. The van der Waals surface area contributed by atoms with E-state index in [2.05, 4.69) is 6.92 Å². The fourth-order valence-corrected chi connectivity index (χ4v) is 0.968. The lowest BCUT2D eigenvalue weighted by Crippen LogP contribution is -2.43. The van der Waals surface area contributed by atoms with Gasteiger partial charge in [-0.15, -0.1) is 0 Å². The maximum atomic E-state index is 11.4. The number of rotatable bonds is 5. The van der Waals surface area contributed by atoms with Gasteiger partial charge in [0.05, 0.1) is 6.61 Å². The van der Waals surface area contributed by atoms with Crippen LogP contribution in [-0.2, 0) is 9.53 Å². The lowest BCUT2D eigenvalue weighted by Gasteiger charge is -2.24. The third-order valence-corrected chi connectivity index (χ3v) is 2.18. The first-order chi connectivity index (χ1) is 6.39. The van der Waals surface area contributed by atoms with Crippen LogP contribution in [0.3, 0.4) is 0 Å². The van der Waals surface area contributed by atoms with Gasteiger partial charge < -0.3 is 10.5 Å². The van der Waals surface area contributed by atoms with Crippen molar-refractivity contribution in [2.24, 2.45) is 11.1 Å². The summed E-state index contributed by atoms with van der Waals surface area (Å²) in [5, 5.41) is 0. The van der Waals surface area contributed by atoms with E-state index >= 15 is 0 Å². The van der Waals surface area contributed by atoms with Gasteiger partial charge in [0.2, 0.25) is 0 Å². The zero-order chi connectivity index (χ0) is 11.2. The molecule has 0 aromatic rings. The first kappa shape index (κ1) is 13.4. The molecule has 0 unspecified atom stereocenters. The molecule has 84 valence electrons. The van der Waals surface area contributed by atoms with Crippen molar-refractivity contribution in [1.29, 1.82) is 0 Å². The molecule has 3 heteroatoms. The molecule has 0 saturated heterocycles. The van der Waals surface area contributed by atoms with Crippen LogP contribution in [0.5, 0.6) is 0 Å². The maximum Gasteiger partial charge on any atom is 0.323 e. The predicted octanol–water partition coefficient (Wildman–Crippen LogP) is 2.09.